The van der Waals surface area contributed by atoms with Gasteiger partial charge in [-0.2, -0.15) is 0 Å². The number of pyridine rings is 1. The van der Waals surface area contributed by atoms with E-state index in [1.54, 1.807) is 12.1 Å². The Bertz CT molecular complexity index is 720. The fraction of sp³-hybridized carbons (Fsp3) is 0.333. The van der Waals surface area contributed by atoms with Gasteiger partial charge < -0.3 is 16.0 Å². The predicted octanol–water partition coefficient (Wildman–Crippen LogP) is 3.33. The number of aryl methyl sites for hydroxylation is 1. The first-order chi connectivity index (χ1) is 11.7. The Morgan fingerprint density at radius 2 is 2.17 bits per heavy atom. The SMILES string of the molecule is O=C(NCCc1ccc2c(n1)NCCCC2)Nc1cccc(F)c1. The largest absolute Gasteiger partial charge is 0.370 e. The Balaban J connectivity index is 1.49. The summed E-state index contributed by atoms with van der Waals surface area (Å²) in [5.41, 5.74) is 2.63. The molecule has 3 rings (SSSR count). The quantitative estimate of drug-likeness (QED) is 0.806. The van der Waals surface area contributed by atoms with Crippen LogP contribution in [0, 0.1) is 5.82 Å². The highest BCUT2D eigenvalue weighted by Crippen LogP contribution is 2.19. The molecule has 0 saturated heterocycles. The van der Waals surface area contributed by atoms with Crippen LogP contribution < -0.4 is 16.0 Å². The molecule has 0 bridgehead atoms. The Kier molecular flexibility index (Phi) is 5.25. The van der Waals surface area contributed by atoms with Crippen molar-refractivity contribution in [1.29, 1.82) is 0 Å². The number of carbonyl (C=O) groups is 1. The summed E-state index contributed by atoms with van der Waals surface area (Å²) in [6.45, 7) is 1.42. The van der Waals surface area contributed by atoms with Crippen molar-refractivity contribution >= 4 is 17.5 Å². The van der Waals surface area contributed by atoms with Gasteiger partial charge in [-0.1, -0.05) is 12.1 Å². The number of urea groups is 1. The number of benzene rings is 1. The second-order valence-electron chi connectivity index (χ2n) is 5.84. The number of aromatic nitrogens is 1. The molecule has 1 aromatic carbocycles. The number of fused-ring (bicyclic) bond motifs is 1. The molecule has 1 aliphatic heterocycles. The van der Waals surface area contributed by atoms with E-state index < -0.39 is 0 Å². The summed E-state index contributed by atoms with van der Waals surface area (Å²) >= 11 is 0. The van der Waals surface area contributed by atoms with E-state index in [-0.39, 0.29) is 11.8 Å². The van der Waals surface area contributed by atoms with Crippen LogP contribution in [0.5, 0.6) is 0 Å². The van der Waals surface area contributed by atoms with Crippen molar-refractivity contribution in [1.82, 2.24) is 10.3 Å². The van der Waals surface area contributed by atoms with Gasteiger partial charge in [0.1, 0.15) is 11.6 Å². The van der Waals surface area contributed by atoms with Crippen molar-refractivity contribution in [2.45, 2.75) is 25.7 Å². The molecule has 1 aromatic heterocycles. The maximum Gasteiger partial charge on any atom is 0.319 e. The van der Waals surface area contributed by atoms with Crippen molar-refractivity contribution in [2.75, 3.05) is 23.7 Å². The molecule has 0 saturated carbocycles. The first kappa shape index (κ1) is 16.2. The average molecular weight is 328 g/mol. The molecular weight excluding hydrogens is 307 g/mol. The van der Waals surface area contributed by atoms with Crippen molar-refractivity contribution in [2.24, 2.45) is 0 Å². The Morgan fingerprint density at radius 3 is 3.04 bits per heavy atom. The molecular formula is C18H21FN4O. The first-order valence-electron chi connectivity index (χ1n) is 8.24. The monoisotopic (exact) mass is 328 g/mol. The number of nitrogens with zero attached hydrogens (tertiary/aromatic N) is 1. The van der Waals surface area contributed by atoms with Crippen LogP contribution in [-0.4, -0.2) is 24.1 Å². The minimum absolute atomic E-state index is 0.353. The highest BCUT2D eigenvalue weighted by molar-refractivity contribution is 5.89. The van der Waals surface area contributed by atoms with Gasteiger partial charge >= 0.3 is 6.03 Å². The third kappa shape index (κ3) is 4.44. The van der Waals surface area contributed by atoms with Crippen LogP contribution in [0.2, 0.25) is 0 Å². The predicted molar refractivity (Wildman–Crippen MR) is 92.8 cm³/mol. The lowest BCUT2D eigenvalue weighted by atomic mass is 10.1. The van der Waals surface area contributed by atoms with Crippen LogP contribution in [-0.2, 0) is 12.8 Å². The molecule has 24 heavy (non-hydrogen) atoms. The molecule has 2 aromatic rings. The number of anilines is 2. The third-order valence-corrected chi connectivity index (χ3v) is 3.95. The average Bonchev–Trinajstić information content (AvgIpc) is 2.79. The summed E-state index contributed by atoms with van der Waals surface area (Å²) in [5.74, 6) is 0.587. The highest BCUT2D eigenvalue weighted by atomic mass is 19.1. The number of carbonyl (C=O) groups excluding carboxylic acids is 1. The van der Waals surface area contributed by atoms with E-state index in [0.29, 0.717) is 18.7 Å². The van der Waals surface area contributed by atoms with E-state index in [2.05, 4.69) is 27.0 Å². The fourth-order valence-corrected chi connectivity index (χ4v) is 2.72. The maximum atomic E-state index is 13.1. The van der Waals surface area contributed by atoms with E-state index in [9.17, 15) is 9.18 Å². The van der Waals surface area contributed by atoms with Gasteiger partial charge in [0.2, 0.25) is 0 Å². The lowest BCUT2D eigenvalue weighted by Gasteiger charge is -2.10. The zero-order chi connectivity index (χ0) is 16.8. The molecule has 0 atom stereocenters. The highest BCUT2D eigenvalue weighted by Gasteiger charge is 2.09. The molecule has 0 spiro atoms. The number of halogens is 1. The Labute approximate surface area is 140 Å². The van der Waals surface area contributed by atoms with Gasteiger partial charge in [-0.15, -0.1) is 0 Å². The lowest BCUT2D eigenvalue weighted by Crippen LogP contribution is -2.30. The molecule has 0 radical (unpaired) electrons. The molecule has 0 unspecified atom stereocenters. The summed E-state index contributed by atoms with van der Waals surface area (Å²) < 4.78 is 13.1. The zero-order valence-electron chi connectivity index (χ0n) is 13.4. The van der Waals surface area contributed by atoms with Crippen molar-refractivity contribution in [3.05, 3.63) is 53.5 Å². The first-order valence-corrected chi connectivity index (χ1v) is 8.24. The second kappa shape index (κ2) is 7.77. The normalized spacial score (nSPS) is 13.4. The minimum Gasteiger partial charge on any atom is -0.370 e. The summed E-state index contributed by atoms with van der Waals surface area (Å²) in [7, 11) is 0. The number of hydrogen-bond donors (Lipinski definition) is 3. The smallest absolute Gasteiger partial charge is 0.319 e. The van der Waals surface area contributed by atoms with Crippen molar-refractivity contribution in [3.63, 3.8) is 0 Å². The van der Waals surface area contributed by atoms with E-state index in [4.69, 9.17) is 0 Å². The number of nitrogens with one attached hydrogen (secondary N) is 3. The van der Waals surface area contributed by atoms with Gasteiger partial charge in [0.15, 0.2) is 0 Å². The van der Waals surface area contributed by atoms with Crippen LogP contribution in [0.1, 0.15) is 24.1 Å². The third-order valence-electron chi connectivity index (χ3n) is 3.95. The number of rotatable bonds is 4. The molecule has 1 aliphatic rings. The molecule has 2 heterocycles. The van der Waals surface area contributed by atoms with Crippen molar-refractivity contribution in [3.8, 4) is 0 Å². The van der Waals surface area contributed by atoms with Gasteiger partial charge in [-0.05, 0) is 49.1 Å². The Hall–Kier alpha value is -2.63. The van der Waals surface area contributed by atoms with Crippen LogP contribution in [0.25, 0.3) is 0 Å². The van der Waals surface area contributed by atoms with E-state index in [1.165, 1.54) is 24.1 Å². The summed E-state index contributed by atoms with van der Waals surface area (Å²) in [4.78, 5) is 16.4. The zero-order valence-corrected chi connectivity index (χ0v) is 13.4. The van der Waals surface area contributed by atoms with Gasteiger partial charge in [0, 0.05) is 30.9 Å². The van der Waals surface area contributed by atoms with E-state index in [1.807, 2.05) is 6.07 Å². The Morgan fingerprint density at radius 1 is 1.25 bits per heavy atom. The molecule has 2 amide bonds. The van der Waals surface area contributed by atoms with Crippen LogP contribution >= 0.6 is 0 Å². The molecule has 0 aliphatic carbocycles. The number of hydrogen-bond acceptors (Lipinski definition) is 3. The molecule has 5 nitrogen and oxygen atoms in total. The van der Waals surface area contributed by atoms with E-state index in [0.717, 1.165) is 30.9 Å². The van der Waals surface area contributed by atoms with Crippen LogP contribution in [0.15, 0.2) is 36.4 Å². The topological polar surface area (TPSA) is 66.0 Å². The molecule has 0 fully saturated rings. The summed E-state index contributed by atoms with van der Waals surface area (Å²) in [6, 6.07) is 9.58. The van der Waals surface area contributed by atoms with Gasteiger partial charge in [-0.25, -0.2) is 14.2 Å². The molecule has 3 N–H and O–H groups in total. The van der Waals surface area contributed by atoms with E-state index >= 15 is 0 Å². The van der Waals surface area contributed by atoms with Gasteiger partial charge in [0.25, 0.3) is 0 Å². The van der Waals surface area contributed by atoms with Crippen LogP contribution in [0.3, 0.4) is 0 Å². The number of amides is 2. The fourth-order valence-electron chi connectivity index (χ4n) is 2.72. The second-order valence-corrected chi connectivity index (χ2v) is 5.84. The summed E-state index contributed by atoms with van der Waals surface area (Å²) in [6.07, 6.45) is 4.05. The lowest BCUT2D eigenvalue weighted by molar-refractivity contribution is 0.252. The molecule has 6 heteroatoms. The summed E-state index contributed by atoms with van der Waals surface area (Å²) in [5, 5.41) is 8.72. The van der Waals surface area contributed by atoms with Crippen LogP contribution in [0.4, 0.5) is 20.7 Å². The standard InChI is InChI=1S/C18H21FN4O/c19-14-5-3-6-16(12-14)23-18(24)21-11-9-15-8-7-13-4-1-2-10-20-17(13)22-15/h3,5-8,12H,1-2,4,9-11H2,(H,20,22)(H2,21,23,24). The van der Waals surface area contributed by atoms with Gasteiger partial charge in [0.05, 0.1) is 0 Å². The van der Waals surface area contributed by atoms with Crippen molar-refractivity contribution < 1.29 is 9.18 Å². The molecule has 126 valence electrons. The minimum atomic E-state index is -0.380. The maximum absolute atomic E-state index is 13.1. The van der Waals surface area contributed by atoms with Gasteiger partial charge in [-0.3, -0.25) is 0 Å².